The van der Waals surface area contributed by atoms with Gasteiger partial charge in [-0.15, -0.1) is 0 Å². The maximum Gasteiger partial charge on any atom is 0.265 e. The highest BCUT2D eigenvalue weighted by Crippen LogP contribution is 2.18. The number of amides is 5. The Hall–Kier alpha value is -3.47. The molecule has 11 heteroatoms. The molecule has 0 spiro atoms. The molecule has 34 heavy (non-hydrogen) atoms. The Morgan fingerprint density at radius 1 is 1.03 bits per heavy atom. The van der Waals surface area contributed by atoms with Crippen molar-refractivity contribution >= 4 is 29.5 Å². The minimum absolute atomic E-state index is 0.0625. The van der Waals surface area contributed by atoms with E-state index in [4.69, 9.17) is 5.21 Å². The highest BCUT2D eigenvalue weighted by molar-refractivity contribution is 5.98. The van der Waals surface area contributed by atoms with E-state index in [-0.39, 0.29) is 24.3 Å². The van der Waals surface area contributed by atoms with Crippen molar-refractivity contribution in [2.45, 2.75) is 58.2 Å². The molecule has 186 valence electrons. The molecule has 1 aliphatic heterocycles. The van der Waals surface area contributed by atoms with Crippen LogP contribution in [0, 0.1) is 5.92 Å². The van der Waals surface area contributed by atoms with Gasteiger partial charge in [0.15, 0.2) is 0 Å². The molecule has 3 atom stereocenters. The summed E-state index contributed by atoms with van der Waals surface area (Å²) in [5.41, 5.74) is 1.90. The predicted molar refractivity (Wildman–Crippen MR) is 122 cm³/mol. The average Bonchev–Trinajstić information content (AvgIpc) is 3.31. The molecule has 1 saturated heterocycles. The molecule has 2 rings (SSSR count). The fourth-order valence-electron chi connectivity index (χ4n) is 3.73. The third-order valence-electron chi connectivity index (χ3n) is 5.51. The Balaban J connectivity index is 1.99. The maximum atomic E-state index is 13.0. The van der Waals surface area contributed by atoms with Crippen LogP contribution in [-0.4, -0.2) is 70.9 Å². The molecule has 0 saturated carbocycles. The molecule has 5 N–H and O–H groups in total. The topological polar surface area (TPSA) is 157 Å². The average molecular weight is 476 g/mol. The Labute approximate surface area is 198 Å². The van der Waals surface area contributed by atoms with Gasteiger partial charge in [0.1, 0.15) is 18.1 Å². The summed E-state index contributed by atoms with van der Waals surface area (Å²) in [4.78, 5) is 63.5. The highest BCUT2D eigenvalue weighted by Gasteiger charge is 2.36. The Morgan fingerprint density at radius 2 is 1.71 bits per heavy atom. The molecular weight excluding hydrogens is 442 g/mol. The second-order valence-electron chi connectivity index (χ2n) is 8.69. The van der Waals surface area contributed by atoms with Gasteiger partial charge in [-0.2, -0.15) is 0 Å². The van der Waals surface area contributed by atoms with E-state index in [1.54, 1.807) is 30.3 Å². The van der Waals surface area contributed by atoms with Crippen LogP contribution in [0.25, 0.3) is 0 Å². The fraction of sp³-hybridized carbons (Fsp3) is 0.522. The lowest BCUT2D eigenvalue weighted by Crippen LogP contribution is -2.56. The zero-order valence-corrected chi connectivity index (χ0v) is 19.7. The van der Waals surface area contributed by atoms with Crippen LogP contribution in [0.15, 0.2) is 30.3 Å². The Kier molecular flexibility index (Phi) is 9.99. The van der Waals surface area contributed by atoms with Crippen molar-refractivity contribution in [2.75, 3.05) is 13.1 Å². The number of hydrogen-bond acceptors (Lipinski definition) is 6. The number of likely N-dealkylation sites (tertiary alicyclic amines) is 1. The molecule has 1 heterocycles. The van der Waals surface area contributed by atoms with Crippen molar-refractivity contribution in [3.05, 3.63) is 35.9 Å². The van der Waals surface area contributed by atoms with Crippen LogP contribution in [0.3, 0.4) is 0 Å². The normalized spacial score (nSPS) is 17.0. The number of nitrogens with one attached hydrogen (secondary N) is 4. The zero-order valence-electron chi connectivity index (χ0n) is 19.7. The molecule has 0 bridgehead atoms. The lowest BCUT2D eigenvalue weighted by atomic mass is 10.0. The standard InChI is InChI=1S/C23H33N5O6/c1-14(2)12-17(22(32)25-15(3)20(30)27-34)26-23(33)18-10-7-11-28(18)19(29)13-24-21(31)16-8-5-4-6-9-16/h4-6,8-9,14-15,17-18,34H,7,10-13H2,1-3H3,(H,24,31)(H,25,32)(H,26,33)(H,27,30)/t15-,17+,18-/m0/s1. The number of benzene rings is 1. The van der Waals surface area contributed by atoms with Gasteiger partial charge >= 0.3 is 0 Å². The second-order valence-corrected chi connectivity index (χ2v) is 8.69. The van der Waals surface area contributed by atoms with Crippen LogP contribution in [0.1, 0.15) is 50.4 Å². The van der Waals surface area contributed by atoms with E-state index in [1.165, 1.54) is 17.3 Å². The molecule has 5 amide bonds. The van der Waals surface area contributed by atoms with Crippen molar-refractivity contribution < 1.29 is 29.2 Å². The minimum Gasteiger partial charge on any atom is -0.343 e. The summed E-state index contributed by atoms with van der Waals surface area (Å²) >= 11 is 0. The molecule has 0 aromatic heterocycles. The quantitative estimate of drug-likeness (QED) is 0.236. The molecule has 1 fully saturated rings. The monoisotopic (exact) mass is 475 g/mol. The van der Waals surface area contributed by atoms with Gasteiger partial charge in [-0.3, -0.25) is 29.2 Å². The molecule has 0 radical (unpaired) electrons. The Morgan fingerprint density at radius 3 is 2.32 bits per heavy atom. The lowest BCUT2D eigenvalue weighted by Gasteiger charge is -2.27. The van der Waals surface area contributed by atoms with Crippen molar-refractivity contribution in [1.29, 1.82) is 0 Å². The largest absolute Gasteiger partial charge is 0.343 e. The van der Waals surface area contributed by atoms with Crippen molar-refractivity contribution in [3.8, 4) is 0 Å². The van der Waals surface area contributed by atoms with Gasteiger partial charge in [-0.1, -0.05) is 32.0 Å². The molecule has 1 aromatic rings. The van der Waals surface area contributed by atoms with Crippen molar-refractivity contribution in [2.24, 2.45) is 5.92 Å². The van der Waals surface area contributed by atoms with E-state index >= 15 is 0 Å². The van der Waals surface area contributed by atoms with Crippen molar-refractivity contribution in [3.63, 3.8) is 0 Å². The highest BCUT2D eigenvalue weighted by atomic mass is 16.5. The summed E-state index contributed by atoms with van der Waals surface area (Å²) in [6, 6.07) is 5.81. The Bertz CT molecular complexity index is 891. The van der Waals surface area contributed by atoms with Crippen molar-refractivity contribution in [1.82, 2.24) is 26.3 Å². The number of carbonyl (C=O) groups is 5. The van der Waals surface area contributed by atoms with E-state index < -0.39 is 35.8 Å². The van der Waals surface area contributed by atoms with Gasteiger partial charge in [0.25, 0.3) is 11.8 Å². The SMILES string of the molecule is CC(C)C[C@@H](NC(=O)[C@@H]1CCCN1C(=O)CNC(=O)c1ccccc1)C(=O)N[C@@H](C)C(=O)NO. The smallest absolute Gasteiger partial charge is 0.265 e. The summed E-state index contributed by atoms with van der Waals surface area (Å²) in [5.74, 6) is -2.53. The summed E-state index contributed by atoms with van der Waals surface area (Å²) in [5, 5.41) is 16.5. The summed E-state index contributed by atoms with van der Waals surface area (Å²) in [6.45, 7) is 5.29. The fourth-order valence-corrected chi connectivity index (χ4v) is 3.73. The van der Waals surface area contributed by atoms with Gasteiger partial charge in [0.05, 0.1) is 6.54 Å². The summed E-state index contributed by atoms with van der Waals surface area (Å²) in [7, 11) is 0. The first-order chi connectivity index (χ1) is 16.1. The molecule has 1 aliphatic rings. The number of carbonyl (C=O) groups excluding carboxylic acids is 5. The molecular formula is C23H33N5O6. The third kappa shape index (κ3) is 7.55. The third-order valence-corrected chi connectivity index (χ3v) is 5.51. The van der Waals surface area contributed by atoms with Gasteiger partial charge < -0.3 is 20.9 Å². The van der Waals surface area contributed by atoms with Gasteiger partial charge in [0, 0.05) is 12.1 Å². The van der Waals surface area contributed by atoms with Crippen LogP contribution >= 0.6 is 0 Å². The van der Waals surface area contributed by atoms with Crippen LogP contribution < -0.4 is 21.4 Å². The number of nitrogens with zero attached hydrogens (tertiary/aromatic N) is 1. The van der Waals surface area contributed by atoms with Crippen LogP contribution in [0.2, 0.25) is 0 Å². The van der Waals surface area contributed by atoms with E-state index in [0.717, 1.165) is 0 Å². The van der Waals surface area contributed by atoms with E-state index in [1.807, 2.05) is 13.8 Å². The first-order valence-electron chi connectivity index (χ1n) is 11.3. The predicted octanol–water partition coefficient (Wildman–Crippen LogP) is -0.0516. The van der Waals surface area contributed by atoms with E-state index in [0.29, 0.717) is 31.4 Å². The maximum absolute atomic E-state index is 13.0. The van der Waals surface area contributed by atoms with Gasteiger partial charge in [0.2, 0.25) is 17.7 Å². The number of rotatable bonds is 10. The number of hydrogen-bond donors (Lipinski definition) is 5. The second kappa shape index (κ2) is 12.7. The molecule has 0 aliphatic carbocycles. The van der Waals surface area contributed by atoms with E-state index in [2.05, 4.69) is 16.0 Å². The summed E-state index contributed by atoms with van der Waals surface area (Å²) < 4.78 is 0. The zero-order chi connectivity index (χ0) is 25.3. The van der Waals surface area contributed by atoms with Gasteiger partial charge in [-0.25, -0.2) is 5.48 Å². The number of hydroxylamine groups is 1. The molecule has 1 aromatic carbocycles. The lowest BCUT2D eigenvalue weighted by molar-refractivity contribution is -0.139. The van der Waals surface area contributed by atoms with Crippen LogP contribution in [0.4, 0.5) is 0 Å². The molecule has 0 unspecified atom stereocenters. The summed E-state index contributed by atoms with van der Waals surface area (Å²) in [6.07, 6.45) is 1.37. The minimum atomic E-state index is -0.998. The van der Waals surface area contributed by atoms with E-state index in [9.17, 15) is 24.0 Å². The van der Waals surface area contributed by atoms with Gasteiger partial charge in [-0.05, 0) is 44.2 Å². The first kappa shape index (κ1) is 26.8. The first-order valence-corrected chi connectivity index (χ1v) is 11.3. The van der Waals surface area contributed by atoms with Crippen LogP contribution in [0.5, 0.6) is 0 Å². The molecule has 11 nitrogen and oxygen atoms in total. The van der Waals surface area contributed by atoms with Crippen LogP contribution in [-0.2, 0) is 19.2 Å².